The number of aliphatic carboxylic acids is 1. The van der Waals surface area contributed by atoms with Crippen molar-refractivity contribution in [1.82, 2.24) is 16.0 Å². The molecule has 0 aromatic carbocycles. The maximum atomic E-state index is 12.9. The Labute approximate surface area is 196 Å². The number of rotatable bonds is 17. The van der Waals surface area contributed by atoms with Gasteiger partial charge in [-0.1, -0.05) is 0 Å². The van der Waals surface area contributed by atoms with Crippen LogP contribution in [-0.2, 0) is 19.2 Å². The van der Waals surface area contributed by atoms with Gasteiger partial charge in [-0.25, -0.2) is 0 Å². The third-order valence-corrected chi connectivity index (χ3v) is 5.49. The highest BCUT2D eigenvalue weighted by Gasteiger charge is 2.27. The van der Waals surface area contributed by atoms with Gasteiger partial charge in [0.2, 0.25) is 17.7 Å². The van der Waals surface area contributed by atoms with Gasteiger partial charge in [-0.05, 0) is 49.7 Å². The second kappa shape index (κ2) is 17.4. The summed E-state index contributed by atoms with van der Waals surface area (Å²) in [5, 5.41) is 16.3. The summed E-state index contributed by atoms with van der Waals surface area (Å²) in [6.45, 7) is -0.353. The molecule has 0 bridgehead atoms. The zero-order valence-electron chi connectivity index (χ0n) is 18.5. The smallest absolute Gasteiger partial charge is 0.322 e. The van der Waals surface area contributed by atoms with Crippen LogP contribution in [0.15, 0.2) is 4.99 Å². The Bertz CT molecular complexity index is 647. The van der Waals surface area contributed by atoms with Crippen LogP contribution < -0.4 is 33.2 Å². The van der Waals surface area contributed by atoms with Crippen molar-refractivity contribution in [3.05, 3.63) is 0 Å². The van der Waals surface area contributed by atoms with Gasteiger partial charge in [-0.3, -0.25) is 24.2 Å². The molecule has 14 heteroatoms. The minimum Gasteiger partial charge on any atom is -0.480 e. The zero-order chi connectivity index (χ0) is 24.5. The standard InChI is InChI=1S/C18H35N7O5S2/c1-31-8-5-11(19)15(28)24-13(6-9-32-2)17(30)25-12(4-3-7-22-18(20)21)16(29)23-10-14(26)27/h11-13H,3-10,19H2,1-2H3,(H,23,29)(H,24,28)(H,25,30)(H,26,27)(H4,20,21,22). The molecule has 184 valence electrons. The Balaban J connectivity index is 5.22. The van der Waals surface area contributed by atoms with Crippen LogP contribution in [-0.4, -0.2) is 90.0 Å². The van der Waals surface area contributed by atoms with Gasteiger partial charge >= 0.3 is 5.97 Å². The first kappa shape index (κ1) is 29.8. The van der Waals surface area contributed by atoms with Crippen molar-refractivity contribution in [2.45, 2.75) is 43.8 Å². The molecule has 0 aliphatic carbocycles. The number of nitrogens with two attached hydrogens (primary N) is 3. The Kier molecular flexibility index (Phi) is 16.2. The molecule has 0 rings (SSSR count). The lowest BCUT2D eigenvalue weighted by Crippen LogP contribution is -2.56. The van der Waals surface area contributed by atoms with Gasteiger partial charge < -0.3 is 38.3 Å². The summed E-state index contributed by atoms with van der Waals surface area (Å²) in [7, 11) is 0. The number of amides is 3. The SMILES string of the molecule is CSCCC(N)C(=O)NC(CCSC)C(=O)NC(CCCN=C(N)N)C(=O)NCC(=O)O. The lowest BCUT2D eigenvalue weighted by Gasteiger charge is -2.24. The second-order valence-corrected chi connectivity index (χ2v) is 8.82. The maximum absolute atomic E-state index is 12.9. The molecule has 10 N–H and O–H groups in total. The van der Waals surface area contributed by atoms with Crippen molar-refractivity contribution >= 4 is 53.2 Å². The van der Waals surface area contributed by atoms with E-state index in [-0.39, 0.29) is 18.9 Å². The first-order chi connectivity index (χ1) is 15.1. The van der Waals surface area contributed by atoms with E-state index in [1.54, 1.807) is 11.8 Å². The molecule has 3 amide bonds. The Morgan fingerprint density at radius 2 is 1.47 bits per heavy atom. The molecule has 0 spiro atoms. The van der Waals surface area contributed by atoms with Gasteiger partial charge in [0.1, 0.15) is 18.6 Å². The van der Waals surface area contributed by atoms with Crippen LogP contribution in [0.3, 0.4) is 0 Å². The van der Waals surface area contributed by atoms with Gasteiger partial charge in [0.05, 0.1) is 6.04 Å². The molecule has 0 saturated heterocycles. The molecule has 12 nitrogen and oxygen atoms in total. The molecule has 0 saturated carbocycles. The first-order valence-corrected chi connectivity index (χ1v) is 12.8. The Hall–Kier alpha value is -2.19. The van der Waals surface area contributed by atoms with Crippen LogP contribution in [0.4, 0.5) is 0 Å². The van der Waals surface area contributed by atoms with Crippen molar-refractivity contribution in [1.29, 1.82) is 0 Å². The maximum Gasteiger partial charge on any atom is 0.322 e. The molecule has 3 atom stereocenters. The number of carboxylic acid groups (broad SMARTS) is 1. The van der Waals surface area contributed by atoms with E-state index in [0.717, 1.165) is 0 Å². The minimum absolute atomic E-state index is 0.0985. The molecule has 32 heavy (non-hydrogen) atoms. The number of nitrogens with zero attached hydrogens (tertiary/aromatic N) is 1. The number of guanidine groups is 1. The highest BCUT2D eigenvalue weighted by Crippen LogP contribution is 2.06. The van der Waals surface area contributed by atoms with E-state index in [4.69, 9.17) is 22.3 Å². The molecule has 3 unspecified atom stereocenters. The Morgan fingerprint density at radius 3 is 2.03 bits per heavy atom. The van der Waals surface area contributed by atoms with E-state index in [0.29, 0.717) is 30.8 Å². The van der Waals surface area contributed by atoms with Gasteiger partial charge in [0.15, 0.2) is 5.96 Å². The average molecular weight is 494 g/mol. The number of nitrogens with one attached hydrogen (secondary N) is 3. The first-order valence-electron chi connectivity index (χ1n) is 10.0. The predicted molar refractivity (Wildman–Crippen MR) is 128 cm³/mol. The van der Waals surface area contributed by atoms with Crippen LogP contribution in [0, 0.1) is 0 Å². The number of hydrogen-bond acceptors (Lipinski definition) is 8. The number of thioether (sulfide) groups is 2. The molecule has 0 fully saturated rings. The fourth-order valence-corrected chi connectivity index (χ4v) is 3.45. The van der Waals surface area contributed by atoms with Gasteiger partial charge in [0.25, 0.3) is 0 Å². The lowest BCUT2D eigenvalue weighted by molar-refractivity contribution is -0.138. The summed E-state index contributed by atoms with van der Waals surface area (Å²) in [5.74, 6) is -1.66. The second-order valence-electron chi connectivity index (χ2n) is 6.85. The molecule has 0 radical (unpaired) electrons. The van der Waals surface area contributed by atoms with Crippen LogP contribution >= 0.6 is 23.5 Å². The predicted octanol–water partition coefficient (Wildman–Crippen LogP) is -1.96. The summed E-state index contributed by atoms with van der Waals surface area (Å²) in [4.78, 5) is 52.2. The number of carbonyl (C=O) groups is 4. The van der Waals surface area contributed by atoms with E-state index in [1.165, 1.54) is 11.8 Å². The van der Waals surface area contributed by atoms with Gasteiger partial charge in [-0.2, -0.15) is 23.5 Å². The summed E-state index contributed by atoms with van der Waals surface area (Å²) in [6.07, 6.45) is 5.12. The summed E-state index contributed by atoms with van der Waals surface area (Å²) in [5.41, 5.74) is 16.4. The lowest BCUT2D eigenvalue weighted by atomic mass is 10.1. The number of hydrogen-bond donors (Lipinski definition) is 7. The monoisotopic (exact) mass is 493 g/mol. The highest BCUT2D eigenvalue weighted by atomic mass is 32.2. The zero-order valence-corrected chi connectivity index (χ0v) is 20.1. The quantitative estimate of drug-likeness (QED) is 0.0674. The number of aliphatic imine (C=N–C) groups is 1. The fraction of sp³-hybridized carbons (Fsp3) is 0.722. The summed E-state index contributed by atoms with van der Waals surface area (Å²) < 4.78 is 0. The number of carbonyl (C=O) groups excluding carboxylic acids is 3. The topological polar surface area (TPSA) is 215 Å². The fourth-order valence-electron chi connectivity index (χ4n) is 2.49. The van der Waals surface area contributed by atoms with Gasteiger partial charge in [0, 0.05) is 6.54 Å². The number of carboxylic acids is 1. The van der Waals surface area contributed by atoms with E-state index >= 15 is 0 Å². The molecule has 0 aromatic heterocycles. The summed E-state index contributed by atoms with van der Waals surface area (Å²) >= 11 is 3.07. The molecule has 0 aliphatic heterocycles. The van der Waals surface area contributed by atoms with Crippen molar-refractivity contribution in [3.63, 3.8) is 0 Å². The van der Waals surface area contributed by atoms with E-state index in [1.807, 2.05) is 12.5 Å². The van der Waals surface area contributed by atoms with E-state index < -0.39 is 48.4 Å². The molecule has 0 heterocycles. The van der Waals surface area contributed by atoms with Crippen molar-refractivity contribution < 1.29 is 24.3 Å². The van der Waals surface area contributed by atoms with Crippen LogP contribution in [0.5, 0.6) is 0 Å². The third kappa shape index (κ3) is 14.0. The van der Waals surface area contributed by atoms with Crippen LogP contribution in [0.2, 0.25) is 0 Å². The highest BCUT2D eigenvalue weighted by molar-refractivity contribution is 7.98. The van der Waals surface area contributed by atoms with Crippen molar-refractivity contribution in [3.8, 4) is 0 Å². The van der Waals surface area contributed by atoms with E-state index in [9.17, 15) is 19.2 Å². The van der Waals surface area contributed by atoms with Gasteiger partial charge in [-0.15, -0.1) is 0 Å². The molecule has 0 aromatic rings. The van der Waals surface area contributed by atoms with Crippen molar-refractivity contribution in [2.24, 2.45) is 22.2 Å². The van der Waals surface area contributed by atoms with E-state index in [2.05, 4.69) is 20.9 Å². The molecule has 0 aliphatic rings. The van der Waals surface area contributed by atoms with Crippen molar-refractivity contribution in [2.75, 3.05) is 37.1 Å². The average Bonchev–Trinajstić information content (AvgIpc) is 2.74. The van der Waals surface area contributed by atoms with Crippen LogP contribution in [0.1, 0.15) is 25.7 Å². The van der Waals surface area contributed by atoms with Crippen LogP contribution in [0.25, 0.3) is 0 Å². The largest absolute Gasteiger partial charge is 0.480 e. The Morgan fingerprint density at radius 1 is 0.906 bits per heavy atom. The third-order valence-electron chi connectivity index (χ3n) is 4.21. The summed E-state index contributed by atoms with van der Waals surface area (Å²) in [6, 6.07) is -2.65. The minimum atomic E-state index is -1.21. The normalized spacial score (nSPS) is 13.3. The molecular formula is C18H35N7O5S2. The molecular weight excluding hydrogens is 458 g/mol.